The highest BCUT2D eigenvalue weighted by Crippen LogP contribution is 2.25. The van der Waals surface area contributed by atoms with Gasteiger partial charge in [-0.25, -0.2) is 4.39 Å². The van der Waals surface area contributed by atoms with E-state index in [4.69, 9.17) is 0 Å². The zero-order valence-electron chi connectivity index (χ0n) is 5.57. The minimum absolute atomic E-state index is 0.190. The Morgan fingerprint density at radius 1 is 1.89 bits per heavy atom. The Labute approximate surface area is 53.4 Å². The Kier molecular flexibility index (Phi) is 1.22. The van der Waals surface area contributed by atoms with Crippen LogP contribution in [0.1, 0.15) is 13.8 Å². The summed E-state index contributed by atoms with van der Waals surface area (Å²) in [6.45, 7) is 3.50. The molecule has 0 radical (unpaired) electrons. The number of amides is 1. The molecule has 2 atom stereocenters. The lowest BCUT2D eigenvalue weighted by atomic mass is 9.97. The molecule has 1 N–H and O–H groups in total. The molecular formula is C6H10FNO. The van der Waals surface area contributed by atoms with Gasteiger partial charge in [-0.2, -0.15) is 0 Å². The maximum absolute atomic E-state index is 13.0. The summed E-state index contributed by atoms with van der Waals surface area (Å²) in [5.41, 5.74) is -1.64. The quantitative estimate of drug-likeness (QED) is 0.509. The number of carbonyl (C=O) groups excluding carboxylic acids is 1. The Hall–Kier alpha value is -0.600. The van der Waals surface area contributed by atoms with E-state index in [-0.39, 0.29) is 5.92 Å². The molecule has 9 heavy (non-hydrogen) atoms. The molecule has 1 aliphatic rings. The molecule has 1 rings (SSSR count). The molecule has 52 valence electrons. The van der Waals surface area contributed by atoms with Crippen molar-refractivity contribution in [1.82, 2.24) is 5.32 Å². The lowest BCUT2D eigenvalue weighted by Crippen LogP contribution is -2.33. The molecular weight excluding hydrogens is 121 g/mol. The van der Waals surface area contributed by atoms with Crippen LogP contribution in [0, 0.1) is 5.92 Å². The lowest BCUT2D eigenvalue weighted by Gasteiger charge is -2.13. The summed E-state index contributed by atoms with van der Waals surface area (Å²) in [6.07, 6.45) is 0. The van der Waals surface area contributed by atoms with Crippen molar-refractivity contribution in [2.45, 2.75) is 19.5 Å². The number of hydrogen-bond acceptors (Lipinski definition) is 1. The molecule has 1 aliphatic heterocycles. The van der Waals surface area contributed by atoms with Gasteiger partial charge in [-0.1, -0.05) is 6.92 Å². The highest BCUT2D eigenvalue weighted by molar-refractivity contribution is 5.87. The van der Waals surface area contributed by atoms with Crippen molar-refractivity contribution in [3.8, 4) is 0 Å². The molecule has 0 aliphatic carbocycles. The van der Waals surface area contributed by atoms with Crippen molar-refractivity contribution in [3.05, 3.63) is 0 Å². The van der Waals surface area contributed by atoms with Gasteiger partial charge in [0.2, 0.25) is 0 Å². The van der Waals surface area contributed by atoms with E-state index < -0.39 is 11.6 Å². The van der Waals surface area contributed by atoms with Gasteiger partial charge in [0, 0.05) is 12.5 Å². The fraction of sp³-hybridized carbons (Fsp3) is 0.833. The molecule has 0 saturated carbocycles. The zero-order chi connectivity index (χ0) is 7.07. The van der Waals surface area contributed by atoms with Crippen LogP contribution in [0.4, 0.5) is 4.39 Å². The molecule has 0 aromatic rings. The van der Waals surface area contributed by atoms with Crippen LogP contribution in [0.5, 0.6) is 0 Å². The highest BCUT2D eigenvalue weighted by Gasteiger charge is 2.44. The first-order valence-corrected chi connectivity index (χ1v) is 3.02. The number of alkyl halides is 1. The molecule has 1 fully saturated rings. The van der Waals surface area contributed by atoms with Crippen LogP contribution in [0.3, 0.4) is 0 Å². The summed E-state index contributed by atoms with van der Waals surface area (Å²) in [6, 6.07) is 0. The second kappa shape index (κ2) is 1.69. The summed E-state index contributed by atoms with van der Waals surface area (Å²) >= 11 is 0. The van der Waals surface area contributed by atoms with E-state index in [9.17, 15) is 9.18 Å². The molecule has 0 spiro atoms. The van der Waals surface area contributed by atoms with E-state index in [0.29, 0.717) is 6.54 Å². The summed E-state index contributed by atoms with van der Waals surface area (Å²) < 4.78 is 13.0. The van der Waals surface area contributed by atoms with Gasteiger partial charge < -0.3 is 5.32 Å². The largest absolute Gasteiger partial charge is 0.353 e. The maximum Gasteiger partial charge on any atom is 0.257 e. The molecule has 0 aromatic carbocycles. The van der Waals surface area contributed by atoms with E-state index in [1.165, 1.54) is 6.92 Å². The van der Waals surface area contributed by atoms with Crippen molar-refractivity contribution in [1.29, 1.82) is 0 Å². The summed E-state index contributed by atoms with van der Waals surface area (Å²) in [5, 5.41) is 2.45. The second-order valence-electron chi connectivity index (χ2n) is 2.69. The Morgan fingerprint density at radius 2 is 2.44 bits per heavy atom. The monoisotopic (exact) mass is 131 g/mol. The van der Waals surface area contributed by atoms with Crippen LogP contribution in [0.25, 0.3) is 0 Å². The van der Waals surface area contributed by atoms with Gasteiger partial charge in [0.25, 0.3) is 5.91 Å². The van der Waals surface area contributed by atoms with Crippen LogP contribution >= 0.6 is 0 Å². The molecule has 3 heteroatoms. The van der Waals surface area contributed by atoms with Crippen LogP contribution in [-0.2, 0) is 4.79 Å². The van der Waals surface area contributed by atoms with Crippen molar-refractivity contribution >= 4 is 5.91 Å². The van der Waals surface area contributed by atoms with E-state index in [1.807, 2.05) is 0 Å². The van der Waals surface area contributed by atoms with Gasteiger partial charge in [-0.3, -0.25) is 4.79 Å². The SMILES string of the molecule is C[C@H]1CNC(=O)[C@]1(C)F. The summed E-state index contributed by atoms with van der Waals surface area (Å²) in [7, 11) is 0. The first kappa shape index (κ1) is 6.52. The fourth-order valence-corrected chi connectivity index (χ4v) is 0.834. The number of halogens is 1. The molecule has 1 heterocycles. The Morgan fingerprint density at radius 3 is 2.56 bits per heavy atom. The molecule has 1 saturated heterocycles. The van der Waals surface area contributed by atoms with Gasteiger partial charge in [0.05, 0.1) is 0 Å². The minimum atomic E-state index is -1.64. The highest BCUT2D eigenvalue weighted by atomic mass is 19.1. The van der Waals surface area contributed by atoms with Crippen molar-refractivity contribution in [3.63, 3.8) is 0 Å². The van der Waals surface area contributed by atoms with Crippen LogP contribution in [0.15, 0.2) is 0 Å². The third-order valence-corrected chi connectivity index (χ3v) is 1.94. The third-order valence-electron chi connectivity index (χ3n) is 1.94. The van der Waals surface area contributed by atoms with Gasteiger partial charge in [0.15, 0.2) is 5.67 Å². The van der Waals surface area contributed by atoms with Gasteiger partial charge >= 0.3 is 0 Å². The van der Waals surface area contributed by atoms with Crippen LogP contribution in [0.2, 0.25) is 0 Å². The number of hydrogen-bond donors (Lipinski definition) is 1. The number of nitrogens with one attached hydrogen (secondary N) is 1. The molecule has 0 bridgehead atoms. The Bertz CT molecular complexity index is 144. The number of rotatable bonds is 0. The molecule has 2 nitrogen and oxygen atoms in total. The molecule has 0 unspecified atom stereocenters. The standard InChI is InChI=1S/C6H10FNO/c1-4-3-8-5(9)6(4,2)7/h4H,3H2,1-2H3,(H,8,9)/t4-,6+/m0/s1. The predicted octanol–water partition coefficient (Wildman–Crippen LogP) is 0.481. The summed E-state index contributed by atoms with van der Waals surface area (Å²) in [4.78, 5) is 10.6. The first-order valence-electron chi connectivity index (χ1n) is 3.02. The van der Waals surface area contributed by atoms with Crippen molar-refractivity contribution in [2.24, 2.45) is 5.92 Å². The summed E-state index contributed by atoms with van der Waals surface area (Å²) in [5.74, 6) is -0.667. The smallest absolute Gasteiger partial charge is 0.257 e. The molecule has 1 amide bonds. The zero-order valence-corrected chi connectivity index (χ0v) is 5.57. The maximum atomic E-state index is 13.0. The van der Waals surface area contributed by atoms with Crippen LogP contribution in [-0.4, -0.2) is 18.1 Å². The fourth-order valence-electron chi connectivity index (χ4n) is 0.834. The van der Waals surface area contributed by atoms with E-state index in [0.717, 1.165) is 0 Å². The van der Waals surface area contributed by atoms with Gasteiger partial charge in [-0.05, 0) is 6.92 Å². The lowest BCUT2D eigenvalue weighted by molar-refractivity contribution is -0.129. The first-order chi connectivity index (χ1) is 4.05. The molecule has 0 aromatic heterocycles. The second-order valence-corrected chi connectivity index (χ2v) is 2.69. The predicted molar refractivity (Wildman–Crippen MR) is 31.7 cm³/mol. The van der Waals surface area contributed by atoms with E-state index in [1.54, 1.807) is 6.92 Å². The Balaban J connectivity index is 2.78. The number of carbonyl (C=O) groups is 1. The average molecular weight is 131 g/mol. The van der Waals surface area contributed by atoms with Gasteiger partial charge in [0.1, 0.15) is 0 Å². The topological polar surface area (TPSA) is 29.1 Å². The van der Waals surface area contributed by atoms with Crippen LogP contribution < -0.4 is 5.32 Å². The van der Waals surface area contributed by atoms with E-state index >= 15 is 0 Å². The van der Waals surface area contributed by atoms with Crippen molar-refractivity contribution in [2.75, 3.05) is 6.54 Å². The van der Waals surface area contributed by atoms with Crippen molar-refractivity contribution < 1.29 is 9.18 Å². The average Bonchev–Trinajstić information content (AvgIpc) is 1.96. The van der Waals surface area contributed by atoms with E-state index in [2.05, 4.69) is 5.32 Å². The normalized spacial score (nSPS) is 43.0. The third kappa shape index (κ3) is 0.802. The minimum Gasteiger partial charge on any atom is -0.353 e. The van der Waals surface area contributed by atoms with Gasteiger partial charge in [-0.15, -0.1) is 0 Å².